The van der Waals surface area contributed by atoms with E-state index in [1.165, 1.54) is 6.42 Å². The van der Waals surface area contributed by atoms with E-state index in [2.05, 4.69) is 24.3 Å². The first-order valence-corrected chi connectivity index (χ1v) is 7.69. The number of hydrogen-bond donors (Lipinski definition) is 2. The minimum Gasteiger partial charge on any atom is -0.392 e. The molecule has 1 fully saturated rings. The van der Waals surface area contributed by atoms with Crippen LogP contribution in [0.15, 0.2) is 0 Å². The van der Waals surface area contributed by atoms with Gasteiger partial charge in [0.1, 0.15) is 0 Å². The maximum atomic E-state index is 12.6. The molecule has 1 amide bonds. The molecule has 2 unspecified atom stereocenters. The van der Waals surface area contributed by atoms with Crippen molar-refractivity contribution in [2.75, 3.05) is 0 Å². The van der Waals surface area contributed by atoms with E-state index in [1.54, 1.807) is 0 Å². The summed E-state index contributed by atoms with van der Waals surface area (Å²) >= 11 is 5.13. The summed E-state index contributed by atoms with van der Waals surface area (Å²) in [5.41, 5.74) is 8.17. The van der Waals surface area contributed by atoms with Gasteiger partial charge in [0.2, 0.25) is 5.91 Å². The molecule has 1 rings (SSSR count). The van der Waals surface area contributed by atoms with Crippen LogP contribution in [0.25, 0.3) is 0 Å². The average molecular weight is 285 g/mol. The van der Waals surface area contributed by atoms with Crippen molar-refractivity contribution < 1.29 is 4.79 Å². The largest absolute Gasteiger partial charge is 0.392 e. The van der Waals surface area contributed by atoms with Gasteiger partial charge in [0, 0.05) is 12.1 Å². The van der Waals surface area contributed by atoms with Gasteiger partial charge in [-0.3, -0.25) is 10.2 Å². The molecule has 3 N–H and O–H groups in total. The molecule has 19 heavy (non-hydrogen) atoms. The number of nitrogens with two attached hydrogens (primary N) is 1. The Hall–Kier alpha value is -0.680. The number of amides is 1. The Morgan fingerprint density at radius 3 is 2.16 bits per heavy atom. The van der Waals surface area contributed by atoms with Crippen LogP contribution in [0.3, 0.4) is 0 Å². The third kappa shape index (κ3) is 3.26. The van der Waals surface area contributed by atoms with Crippen LogP contribution in [0.1, 0.15) is 59.8 Å². The fourth-order valence-electron chi connectivity index (χ4n) is 2.90. The summed E-state index contributed by atoms with van der Waals surface area (Å²) in [6.07, 6.45) is 4.73. The van der Waals surface area contributed by atoms with Gasteiger partial charge in [-0.15, -0.1) is 0 Å². The Kier molecular flexibility index (Phi) is 5.74. The lowest BCUT2D eigenvalue weighted by Gasteiger charge is -2.41. The highest BCUT2D eigenvalue weighted by molar-refractivity contribution is 7.80. The molecule has 0 aromatic rings. The minimum atomic E-state index is -0.716. The van der Waals surface area contributed by atoms with Gasteiger partial charge in [0.15, 0.2) is 0 Å². The van der Waals surface area contributed by atoms with Crippen LogP contribution in [0.4, 0.5) is 0 Å². The van der Waals surface area contributed by atoms with E-state index in [9.17, 15) is 4.79 Å². The highest BCUT2D eigenvalue weighted by Crippen LogP contribution is 2.28. The number of carbonyl (C=O) groups excluding carboxylic acids is 1. The fraction of sp³-hybridized carbons (Fsp3) is 0.857. The maximum absolute atomic E-state index is 12.6. The Labute approximate surface area is 122 Å². The summed E-state index contributed by atoms with van der Waals surface area (Å²) in [5, 5.41) is 2.07. The quantitative estimate of drug-likeness (QED) is 0.761. The van der Waals surface area contributed by atoms with Gasteiger partial charge in [-0.2, -0.15) is 0 Å². The molecule has 1 aliphatic rings. The van der Waals surface area contributed by atoms with Crippen molar-refractivity contribution in [3.63, 3.8) is 0 Å². The molecule has 0 aromatic carbocycles. The first-order chi connectivity index (χ1) is 8.89. The zero-order chi connectivity index (χ0) is 14.6. The van der Waals surface area contributed by atoms with E-state index in [1.807, 2.05) is 13.8 Å². The maximum Gasteiger partial charge on any atom is 0.247 e. The van der Waals surface area contributed by atoms with Crippen LogP contribution in [-0.4, -0.2) is 28.0 Å². The average Bonchev–Trinajstić information content (AvgIpc) is 2.36. The van der Waals surface area contributed by atoms with Gasteiger partial charge in [-0.1, -0.05) is 32.5 Å². The first-order valence-electron chi connectivity index (χ1n) is 7.28. The van der Waals surface area contributed by atoms with Crippen LogP contribution in [0.5, 0.6) is 0 Å². The van der Waals surface area contributed by atoms with Crippen LogP contribution in [-0.2, 0) is 4.79 Å². The number of nitrogens with zero attached hydrogens (tertiary/aromatic N) is 1. The molecule has 5 heteroatoms. The molecule has 1 aliphatic heterocycles. The molecule has 110 valence electrons. The predicted molar refractivity (Wildman–Crippen MR) is 82.6 cm³/mol. The Morgan fingerprint density at radius 1 is 1.32 bits per heavy atom. The van der Waals surface area contributed by atoms with Crippen molar-refractivity contribution in [3.05, 3.63) is 0 Å². The number of hydrogen-bond acceptors (Lipinski definition) is 3. The summed E-state index contributed by atoms with van der Waals surface area (Å²) in [6.45, 7) is 8.23. The standard InChI is InChI=1S/C14H27N3OS/c1-5-14(6-2,12(15)19)13(18)16-17-10(3)8-7-9-11(17)4/h10-11H,5-9H2,1-4H3,(H2,15,19)(H,16,18). The van der Waals surface area contributed by atoms with Gasteiger partial charge in [0.05, 0.1) is 10.4 Å². The zero-order valence-corrected chi connectivity index (χ0v) is 13.3. The summed E-state index contributed by atoms with van der Waals surface area (Å²) in [7, 11) is 0. The number of rotatable bonds is 5. The molecule has 1 saturated heterocycles. The summed E-state index contributed by atoms with van der Waals surface area (Å²) in [5.74, 6) is -0.0504. The number of nitrogens with one attached hydrogen (secondary N) is 1. The van der Waals surface area contributed by atoms with Crippen LogP contribution < -0.4 is 11.2 Å². The Balaban J connectivity index is 2.84. The molecule has 0 aromatic heterocycles. The van der Waals surface area contributed by atoms with Gasteiger partial charge in [-0.25, -0.2) is 5.01 Å². The Morgan fingerprint density at radius 2 is 1.79 bits per heavy atom. The van der Waals surface area contributed by atoms with E-state index in [0.29, 0.717) is 29.9 Å². The minimum absolute atomic E-state index is 0.0504. The SMILES string of the molecule is CCC(CC)(C(=O)NN1C(C)CCCC1C)C(N)=S. The molecule has 0 radical (unpaired) electrons. The smallest absolute Gasteiger partial charge is 0.247 e. The molecule has 0 saturated carbocycles. The molecule has 0 aliphatic carbocycles. The van der Waals surface area contributed by atoms with Crippen molar-refractivity contribution in [3.8, 4) is 0 Å². The van der Waals surface area contributed by atoms with E-state index in [4.69, 9.17) is 18.0 Å². The highest BCUT2D eigenvalue weighted by Gasteiger charge is 2.40. The lowest BCUT2D eigenvalue weighted by Crippen LogP contribution is -2.59. The third-order valence-electron chi connectivity index (χ3n) is 4.54. The van der Waals surface area contributed by atoms with Crippen LogP contribution in [0, 0.1) is 5.41 Å². The number of thiocarbonyl (C=S) groups is 1. The van der Waals surface area contributed by atoms with Crippen molar-refractivity contribution in [1.29, 1.82) is 0 Å². The molecule has 1 heterocycles. The van der Waals surface area contributed by atoms with Crippen molar-refractivity contribution in [2.24, 2.45) is 11.1 Å². The molecule has 0 bridgehead atoms. The summed E-state index contributed by atoms with van der Waals surface area (Å²) in [4.78, 5) is 12.9. The molecule has 4 nitrogen and oxygen atoms in total. The molecule has 0 spiro atoms. The second-order valence-electron chi connectivity index (χ2n) is 5.63. The van der Waals surface area contributed by atoms with Crippen LogP contribution in [0.2, 0.25) is 0 Å². The second-order valence-corrected chi connectivity index (χ2v) is 6.07. The monoisotopic (exact) mass is 285 g/mol. The lowest BCUT2D eigenvalue weighted by atomic mass is 9.81. The van der Waals surface area contributed by atoms with E-state index in [0.717, 1.165) is 12.8 Å². The molecular formula is C14H27N3OS. The van der Waals surface area contributed by atoms with Crippen molar-refractivity contribution >= 4 is 23.1 Å². The van der Waals surface area contributed by atoms with Gasteiger partial charge in [0.25, 0.3) is 0 Å². The van der Waals surface area contributed by atoms with E-state index >= 15 is 0 Å². The summed E-state index contributed by atoms with van der Waals surface area (Å²) < 4.78 is 0. The lowest BCUT2D eigenvalue weighted by molar-refractivity contribution is -0.136. The molecular weight excluding hydrogens is 258 g/mol. The Bertz CT molecular complexity index is 332. The van der Waals surface area contributed by atoms with E-state index < -0.39 is 5.41 Å². The number of piperidine rings is 1. The zero-order valence-electron chi connectivity index (χ0n) is 12.5. The highest BCUT2D eigenvalue weighted by atomic mass is 32.1. The van der Waals surface area contributed by atoms with Gasteiger partial charge >= 0.3 is 0 Å². The topological polar surface area (TPSA) is 58.4 Å². The molecule has 2 atom stereocenters. The van der Waals surface area contributed by atoms with E-state index in [-0.39, 0.29) is 5.91 Å². The van der Waals surface area contributed by atoms with Gasteiger partial charge in [-0.05, 0) is 39.5 Å². The second kappa shape index (κ2) is 6.66. The van der Waals surface area contributed by atoms with Crippen molar-refractivity contribution in [1.82, 2.24) is 10.4 Å². The predicted octanol–water partition coefficient (Wildman–Crippen LogP) is 2.37. The van der Waals surface area contributed by atoms with Crippen molar-refractivity contribution in [2.45, 2.75) is 71.9 Å². The fourth-order valence-corrected chi connectivity index (χ4v) is 3.28. The third-order valence-corrected chi connectivity index (χ3v) is 4.93. The first kappa shape index (κ1) is 16.4. The van der Waals surface area contributed by atoms with Crippen LogP contribution >= 0.6 is 12.2 Å². The number of carbonyl (C=O) groups is 1. The number of hydrazine groups is 1. The summed E-state index contributed by atoms with van der Waals surface area (Å²) in [6, 6.07) is 0.732. The normalized spacial score (nSPS) is 25.1. The van der Waals surface area contributed by atoms with Gasteiger partial charge < -0.3 is 5.73 Å².